The van der Waals surface area contributed by atoms with E-state index >= 15 is 0 Å². The third kappa shape index (κ3) is 12.8. The first-order valence-corrected chi connectivity index (χ1v) is 29.8. The molecule has 5 aromatic rings. The van der Waals surface area contributed by atoms with Gasteiger partial charge in [0.15, 0.2) is 0 Å². The number of thioether (sulfide) groups is 2. The van der Waals surface area contributed by atoms with Crippen molar-refractivity contribution in [3.8, 4) is 20.9 Å². The molecular formula is C53H69Br2NOS5. The van der Waals surface area contributed by atoms with Gasteiger partial charge in [-0.1, -0.05) is 148 Å². The van der Waals surface area contributed by atoms with Gasteiger partial charge in [0.05, 0.1) is 4.91 Å². The van der Waals surface area contributed by atoms with Gasteiger partial charge in [0, 0.05) is 83.6 Å². The second kappa shape index (κ2) is 25.0. The van der Waals surface area contributed by atoms with Crippen LogP contribution in [0.25, 0.3) is 31.0 Å². The quantitative estimate of drug-likeness (QED) is 0.0323. The number of benzene rings is 2. The number of nitrogens with one attached hydrogen (secondary N) is 1. The lowest BCUT2D eigenvalue weighted by atomic mass is 9.87. The molecule has 1 aliphatic rings. The number of halogens is 2. The summed E-state index contributed by atoms with van der Waals surface area (Å²) in [6, 6.07) is 23.3. The Morgan fingerprint density at radius 3 is 2.00 bits per heavy atom. The summed E-state index contributed by atoms with van der Waals surface area (Å²) in [7, 11) is 0. The summed E-state index contributed by atoms with van der Waals surface area (Å²) < 4.78 is 1.23. The van der Waals surface area contributed by atoms with Crippen molar-refractivity contribution >= 4 is 105 Å². The summed E-state index contributed by atoms with van der Waals surface area (Å²) in [5.41, 5.74) is 5.77. The van der Waals surface area contributed by atoms with Gasteiger partial charge in [-0.05, 0) is 106 Å². The molecule has 2 unspecified atom stereocenters. The Hall–Kier alpha value is -1.33. The molecule has 0 saturated heterocycles. The Morgan fingerprint density at radius 2 is 1.39 bits per heavy atom. The third-order valence-corrected chi connectivity index (χ3v) is 21.0. The Kier molecular flexibility index (Phi) is 20.2. The van der Waals surface area contributed by atoms with Gasteiger partial charge in [-0.3, -0.25) is 4.79 Å². The number of amides is 1. The van der Waals surface area contributed by atoms with Crippen LogP contribution in [-0.4, -0.2) is 33.1 Å². The van der Waals surface area contributed by atoms with E-state index in [1.54, 1.807) is 11.8 Å². The van der Waals surface area contributed by atoms with E-state index in [2.05, 4.69) is 151 Å². The predicted molar refractivity (Wildman–Crippen MR) is 289 cm³/mol. The van der Waals surface area contributed by atoms with Gasteiger partial charge in [0.2, 0.25) is 0 Å². The van der Waals surface area contributed by atoms with Gasteiger partial charge in [-0.2, -0.15) is 0 Å². The van der Waals surface area contributed by atoms with Gasteiger partial charge in [-0.25, -0.2) is 0 Å². The number of hydrogen-bond donors (Lipinski definition) is 1. The zero-order valence-electron chi connectivity index (χ0n) is 37.9. The molecule has 3 atom stereocenters. The highest BCUT2D eigenvalue weighted by Crippen LogP contribution is 2.60. The fourth-order valence-electron chi connectivity index (χ4n) is 8.63. The number of rotatable bonds is 27. The Labute approximate surface area is 412 Å². The maximum atomic E-state index is 13.6. The molecule has 0 bridgehead atoms. The molecule has 9 heteroatoms. The number of thiophene rings is 3. The van der Waals surface area contributed by atoms with Crippen molar-refractivity contribution in [1.82, 2.24) is 5.32 Å². The van der Waals surface area contributed by atoms with E-state index < -0.39 is 0 Å². The van der Waals surface area contributed by atoms with Gasteiger partial charge in [0.1, 0.15) is 0 Å². The zero-order valence-corrected chi connectivity index (χ0v) is 45.1. The Balaban J connectivity index is 1.42. The van der Waals surface area contributed by atoms with E-state index in [9.17, 15) is 4.79 Å². The van der Waals surface area contributed by atoms with E-state index in [1.807, 2.05) is 34.0 Å². The molecule has 0 fully saturated rings. The molecule has 2 nitrogen and oxygen atoms in total. The van der Waals surface area contributed by atoms with E-state index in [1.165, 1.54) is 132 Å². The second-order valence-corrected chi connectivity index (χ2v) is 25.5. The monoisotopic (exact) mass is 1050 g/mol. The molecule has 0 radical (unpaired) electrons. The normalized spacial score (nSPS) is 15.3. The highest BCUT2D eigenvalue weighted by atomic mass is 79.9. The van der Waals surface area contributed by atoms with Crippen molar-refractivity contribution in [1.29, 1.82) is 0 Å². The smallest absolute Gasteiger partial charge is 0.257 e. The van der Waals surface area contributed by atoms with Crippen molar-refractivity contribution in [2.75, 3.05) is 17.2 Å². The van der Waals surface area contributed by atoms with Crippen LogP contribution in [0.2, 0.25) is 0 Å². The van der Waals surface area contributed by atoms with Crippen molar-refractivity contribution in [2.24, 2.45) is 5.92 Å². The van der Waals surface area contributed by atoms with Crippen molar-refractivity contribution < 1.29 is 4.79 Å². The van der Waals surface area contributed by atoms with E-state index in [0.29, 0.717) is 16.7 Å². The van der Waals surface area contributed by atoms with Crippen LogP contribution in [-0.2, 0) is 24.1 Å². The molecule has 0 aliphatic carbocycles. The maximum Gasteiger partial charge on any atom is 0.257 e. The minimum Gasteiger partial charge on any atom is -0.352 e. The maximum absolute atomic E-state index is 13.6. The third-order valence-electron chi connectivity index (χ3n) is 12.8. The zero-order chi connectivity index (χ0) is 44.1. The number of aryl methyl sites for hydroxylation is 2. The van der Waals surface area contributed by atoms with Crippen LogP contribution in [0.1, 0.15) is 150 Å². The number of hydrogen-bond acceptors (Lipinski definition) is 6. The Morgan fingerprint density at radius 1 is 0.790 bits per heavy atom. The van der Waals surface area contributed by atoms with Crippen molar-refractivity contribution in [3.05, 3.63) is 97.9 Å². The molecular weight excluding hydrogens is 987 g/mol. The highest BCUT2D eigenvalue weighted by Gasteiger charge is 2.45. The van der Waals surface area contributed by atoms with Crippen molar-refractivity contribution in [2.45, 2.75) is 158 Å². The summed E-state index contributed by atoms with van der Waals surface area (Å²) >= 11 is 17.1. The van der Waals surface area contributed by atoms with Gasteiger partial charge in [-0.15, -0.1) is 57.5 Å². The van der Waals surface area contributed by atoms with Crippen molar-refractivity contribution in [3.63, 3.8) is 0 Å². The lowest BCUT2D eigenvalue weighted by Gasteiger charge is -2.38. The molecule has 62 heavy (non-hydrogen) atoms. The average molecular weight is 1060 g/mol. The predicted octanol–water partition coefficient (Wildman–Crippen LogP) is 18.3. The molecule has 3 aromatic heterocycles. The molecule has 0 saturated carbocycles. The Bertz CT molecular complexity index is 2090. The largest absolute Gasteiger partial charge is 0.352 e. The fraction of sp³-hybridized carbons (Fsp3) is 0.528. The number of carbonyl (C=O) groups is 1. The molecule has 1 aliphatic heterocycles. The van der Waals surface area contributed by atoms with Crippen LogP contribution in [0.5, 0.6) is 0 Å². The summed E-state index contributed by atoms with van der Waals surface area (Å²) in [6.07, 6.45) is 19.3. The summed E-state index contributed by atoms with van der Waals surface area (Å²) in [4.78, 5) is 22.9. The first-order chi connectivity index (χ1) is 30.1. The molecule has 1 amide bonds. The molecule has 336 valence electrons. The van der Waals surface area contributed by atoms with Crippen LogP contribution in [0.3, 0.4) is 0 Å². The number of carbonyl (C=O) groups excluding carboxylic acids is 1. The number of unbranched alkanes of at least 4 members (excludes halogenated alkanes) is 10. The lowest BCUT2D eigenvalue weighted by molar-refractivity contribution is -0.116. The van der Waals surface area contributed by atoms with E-state index in [0.717, 1.165) is 49.3 Å². The van der Waals surface area contributed by atoms with Gasteiger partial charge >= 0.3 is 0 Å². The molecule has 1 N–H and O–H groups in total. The first kappa shape index (κ1) is 50.1. The van der Waals surface area contributed by atoms with Crippen LogP contribution in [0.4, 0.5) is 0 Å². The summed E-state index contributed by atoms with van der Waals surface area (Å²) in [6.45, 7) is 16.9. The van der Waals surface area contributed by atoms with Crippen LogP contribution in [0.15, 0.2) is 77.0 Å². The topological polar surface area (TPSA) is 29.1 Å². The van der Waals surface area contributed by atoms with Crippen LogP contribution >= 0.6 is 89.4 Å². The molecule has 0 spiro atoms. The second-order valence-electron chi connectivity index (χ2n) is 17.7. The molecule has 6 rings (SSSR count). The first-order valence-electron chi connectivity index (χ1n) is 23.4. The lowest BCUT2D eigenvalue weighted by Crippen LogP contribution is -2.40. The van der Waals surface area contributed by atoms with Gasteiger partial charge < -0.3 is 5.32 Å². The minimum atomic E-state index is -0.209. The van der Waals surface area contributed by atoms with Crippen LogP contribution < -0.4 is 5.32 Å². The standard InChI is InChI=1S/C53H69Br2NOS5/c1-7-8-9-14-22-33-56-52(57)38(5)62-53(6,36(2)3)47-35-43-49(45-30-28-41(59-45)26-19-11-13-21-32-55)50-42(34-46(60-50)37(4)39-23-16-15-17-24-39)48(51(43)61-47)44-29-27-40(58-44)25-18-10-12-20-31-54/h15-17,23-24,27-30,34,36-37,47H,5,7-14,18-22,25-26,31-33,35H2,1-4,6H3,(H,56,57)/t37?,47?,53-/m0/s1. The highest BCUT2D eigenvalue weighted by molar-refractivity contribution is 9.09. The summed E-state index contributed by atoms with van der Waals surface area (Å²) in [5, 5.41) is 7.10. The summed E-state index contributed by atoms with van der Waals surface area (Å²) in [5.74, 6) is 0.631. The fourth-order valence-corrected chi connectivity index (χ4v) is 16.3. The van der Waals surface area contributed by atoms with Crippen LogP contribution in [0, 0.1) is 5.92 Å². The number of fused-ring (bicyclic) bond motifs is 2. The molecule has 4 heterocycles. The van der Waals surface area contributed by atoms with Gasteiger partial charge in [0.25, 0.3) is 5.91 Å². The van der Waals surface area contributed by atoms with E-state index in [-0.39, 0.29) is 15.9 Å². The minimum absolute atomic E-state index is 0.00328. The number of alkyl halides is 2. The SMILES string of the molecule is C=C(S[C@@](C)(C(C)C)C1Cc2c(c(-c3ccc(CCCCCCBr)s3)c3cc(C(C)c4ccccc4)sc3c2-c2ccc(CCCCCCBr)s2)S1)C(=O)NCCCCCCC. The molecule has 2 aromatic carbocycles. The van der Waals surface area contributed by atoms with E-state index in [4.69, 9.17) is 0 Å². The average Bonchev–Trinajstić information content (AvgIpc) is 4.11.